The van der Waals surface area contributed by atoms with Gasteiger partial charge in [-0.1, -0.05) is 23.7 Å². The van der Waals surface area contributed by atoms with Crippen LogP contribution in [0.2, 0.25) is 5.02 Å². The van der Waals surface area contributed by atoms with Gasteiger partial charge < -0.3 is 0 Å². The van der Waals surface area contributed by atoms with Crippen LogP contribution in [0, 0.1) is 6.92 Å². The number of rotatable bonds is 3. The lowest BCUT2D eigenvalue weighted by atomic mass is 10.1. The first-order valence-corrected chi connectivity index (χ1v) is 6.10. The third kappa shape index (κ3) is 2.68. The van der Waals surface area contributed by atoms with Crippen molar-refractivity contribution in [3.8, 4) is 0 Å². The number of nitrogens with zero attached hydrogens (tertiary/aromatic N) is 1. The van der Waals surface area contributed by atoms with Crippen LogP contribution in [-0.4, -0.2) is 10.8 Å². The lowest BCUT2D eigenvalue weighted by Crippen LogP contribution is -2.03. The van der Waals surface area contributed by atoms with Crippen LogP contribution in [-0.2, 0) is 6.42 Å². The van der Waals surface area contributed by atoms with Crippen molar-refractivity contribution in [2.75, 3.05) is 0 Å². The number of hydrogen-bond donors (Lipinski definition) is 0. The van der Waals surface area contributed by atoms with Gasteiger partial charge in [0.05, 0.1) is 6.42 Å². The molecule has 0 amide bonds. The summed E-state index contributed by atoms with van der Waals surface area (Å²) in [4.78, 5) is 16.1. The summed E-state index contributed by atoms with van der Waals surface area (Å²) in [6, 6.07) is 6.99. The normalized spacial score (nSPS) is 10.4. The second-order valence-corrected chi connectivity index (χ2v) is 4.87. The second kappa shape index (κ2) is 4.76. The molecular formula is C12H10ClNOS. The number of carbonyl (C=O) groups excluding carboxylic acids is 1. The smallest absolute Gasteiger partial charge is 0.169 e. The number of carbonyl (C=O) groups is 1. The van der Waals surface area contributed by atoms with E-state index in [1.807, 2.05) is 12.3 Å². The van der Waals surface area contributed by atoms with Crippen molar-refractivity contribution < 1.29 is 4.79 Å². The van der Waals surface area contributed by atoms with Gasteiger partial charge in [-0.25, -0.2) is 4.98 Å². The van der Waals surface area contributed by atoms with Gasteiger partial charge in [-0.15, -0.1) is 11.3 Å². The molecular weight excluding hydrogens is 242 g/mol. The molecule has 0 unspecified atom stereocenters. The zero-order valence-corrected chi connectivity index (χ0v) is 10.3. The molecule has 4 heteroatoms. The molecule has 0 radical (unpaired) electrons. The third-order valence-corrected chi connectivity index (χ3v) is 3.33. The Labute approximate surface area is 103 Å². The van der Waals surface area contributed by atoms with E-state index in [9.17, 15) is 4.79 Å². The van der Waals surface area contributed by atoms with Crippen LogP contribution < -0.4 is 0 Å². The summed E-state index contributed by atoms with van der Waals surface area (Å²) in [6.45, 7) is 1.92. The lowest BCUT2D eigenvalue weighted by molar-refractivity contribution is 0.0993. The van der Waals surface area contributed by atoms with Crippen LogP contribution in [0.5, 0.6) is 0 Å². The Bertz CT molecular complexity index is 521. The van der Waals surface area contributed by atoms with Crippen molar-refractivity contribution in [1.82, 2.24) is 4.98 Å². The van der Waals surface area contributed by atoms with Crippen molar-refractivity contribution in [2.24, 2.45) is 0 Å². The maximum absolute atomic E-state index is 11.9. The van der Waals surface area contributed by atoms with Gasteiger partial charge in [0.1, 0.15) is 5.01 Å². The molecule has 0 atom stereocenters. The number of aromatic nitrogens is 1. The predicted octanol–water partition coefficient (Wildman–Crippen LogP) is 3.53. The van der Waals surface area contributed by atoms with E-state index in [0.717, 1.165) is 10.7 Å². The van der Waals surface area contributed by atoms with Gasteiger partial charge in [0, 0.05) is 21.7 Å². The number of hydrogen-bond acceptors (Lipinski definition) is 3. The first-order valence-electron chi connectivity index (χ1n) is 4.85. The predicted molar refractivity (Wildman–Crippen MR) is 66.3 cm³/mol. The van der Waals surface area contributed by atoms with Gasteiger partial charge in [-0.2, -0.15) is 0 Å². The molecule has 2 aromatic rings. The summed E-state index contributed by atoms with van der Waals surface area (Å²) < 4.78 is 0. The van der Waals surface area contributed by atoms with Crippen molar-refractivity contribution in [1.29, 1.82) is 0 Å². The summed E-state index contributed by atoms with van der Waals surface area (Å²) in [7, 11) is 0. The summed E-state index contributed by atoms with van der Waals surface area (Å²) in [5.41, 5.74) is 1.60. The average molecular weight is 252 g/mol. The minimum absolute atomic E-state index is 0.0526. The van der Waals surface area contributed by atoms with Gasteiger partial charge in [0.15, 0.2) is 5.78 Å². The van der Waals surface area contributed by atoms with Gasteiger partial charge >= 0.3 is 0 Å². The van der Waals surface area contributed by atoms with Gasteiger partial charge in [-0.3, -0.25) is 4.79 Å². The molecule has 0 saturated heterocycles. The quantitative estimate of drug-likeness (QED) is 0.781. The summed E-state index contributed by atoms with van der Waals surface area (Å²) >= 11 is 7.34. The van der Waals surface area contributed by atoms with Crippen LogP contribution in [0.3, 0.4) is 0 Å². The van der Waals surface area contributed by atoms with Crippen LogP contribution >= 0.6 is 22.9 Å². The fourth-order valence-electron chi connectivity index (χ4n) is 1.39. The Morgan fingerprint density at radius 1 is 1.50 bits per heavy atom. The van der Waals surface area contributed by atoms with E-state index in [1.54, 1.807) is 24.3 Å². The summed E-state index contributed by atoms with van der Waals surface area (Å²) in [5.74, 6) is 0.0526. The molecule has 0 fully saturated rings. The number of Topliss-reactive ketones (excluding diaryl/α,β-unsaturated/α-hetero) is 1. The van der Waals surface area contributed by atoms with E-state index in [-0.39, 0.29) is 5.78 Å². The van der Waals surface area contributed by atoms with E-state index in [0.29, 0.717) is 17.0 Å². The van der Waals surface area contributed by atoms with Crippen molar-refractivity contribution in [2.45, 2.75) is 13.3 Å². The highest BCUT2D eigenvalue weighted by Gasteiger charge is 2.09. The summed E-state index contributed by atoms with van der Waals surface area (Å²) in [6.07, 6.45) is 0.346. The Morgan fingerprint density at radius 3 is 2.94 bits per heavy atom. The van der Waals surface area contributed by atoms with Crippen molar-refractivity contribution in [3.63, 3.8) is 0 Å². The standard InChI is InChI=1S/C12H10ClNOS/c1-8-7-16-12(14-8)6-11(15)9-3-2-4-10(13)5-9/h2-5,7H,6H2,1H3. The molecule has 0 aliphatic carbocycles. The van der Waals surface area contributed by atoms with E-state index in [1.165, 1.54) is 11.3 Å². The number of benzene rings is 1. The number of aryl methyl sites for hydroxylation is 1. The fourth-order valence-corrected chi connectivity index (χ4v) is 2.35. The molecule has 2 rings (SSSR count). The number of halogens is 1. The van der Waals surface area contributed by atoms with E-state index < -0.39 is 0 Å². The van der Waals surface area contributed by atoms with E-state index in [4.69, 9.17) is 11.6 Å². The van der Waals surface area contributed by atoms with Crippen molar-refractivity contribution in [3.05, 3.63) is 50.9 Å². The van der Waals surface area contributed by atoms with E-state index >= 15 is 0 Å². The fraction of sp³-hybridized carbons (Fsp3) is 0.167. The Balaban J connectivity index is 2.14. The first kappa shape index (κ1) is 11.3. The minimum Gasteiger partial charge on any atom is -0.294 e. The highest BCUT2D eigenvalue weighted by atomic mass is 35.5. The molecule has 1 aromatic heterocycles. The van der Waals surface area contributed by atoms with E-state index in [2.05, 4.69) is 4.98 Å². The maximum Gasteiger partial charge on any atom is 0.169 e. The molecule has 1 aromatic carbocycles. The minimum atomic E-state index is 0.0526. The Kier molecular flexibility index (Phi) is 3.36. The molecule has 0 saturated carbocycles. The zero-order valence-electron chi connectivity index (χ0n) is 8.74. The molecule has 82 valence electrons. The van der Waals surface area contributed by atoms with Crippen LogP contribution in [0.4, 0.5) is 0 Å². The van der Waals surface area contributed by atoms with Crippen LogP contribution in [0.1, 0.15) is 21.1 Å². The highest BCUT2D eigenvalue weighted by molar-refractivity contribution is 7.09. The highest BCUT2D eigenvalue weighted by Crippen LogP contribution is 2.15. The molecule has 0 N–H and O–H groups in total. The first-order chi connectivity index (χ1) is 7.65. The zero-order chi connectivity index (χ0) is 11.5. The van der Waals surface area contributed by atoms with Gasteiger partial charge in [0.2, 0.25) is 0 Å². The average Bonchev–Trinajstić information content (AvgIpc) is 2.64. The van der Waals surface area contributed by atoms with Crippen LogP contribution in [0.15, 0.2) is 29.6 Å². The maximum atomic E-state index is 11.9. The van der Waals surface area contributed by atoms with Gasteiger partial charge in [0.25, 0.3) is 0 Å². The van der Waals surface area contributed by atoms with Gasteiger partial charge in [-0.05, 0) is 19.1 Å². The lowest BCUT2D eigenvalue weighted by Gasteiger charge is -1.98. The monoisotopic (exact) mass is 251 g/mol. The molecule has 1 heterocycles. The SMILES string of the molecule is Cc1csc(CC(=O)c2cccc(Cl)c2)n1. The van der Waals surface area contributed by atoms with Crippen molar-refractivity contribution >= 4 is 28.7 Å². The molecule has 0 aliphatic heterocycles. The molecule has 0 spiro atoms. The Morgan fingerprint density at radius 2 is 2.31 bits per heavy atom. The Hall–Kier alpha value is -1.19. The molecule has 2 nitrogen and oxygen atoms in total. The molecule has 0 bridgehead atoms. The molecule has 16 heavy (non-hydrogen) atoms. The topological polar surface area (TPSA) is 30.0 Å². The summed E-state index contributed by atoms with van der Waals surface area (Å²) in [5, 5.41) is 3.38. The number of thiazole rings is 1. The largest absolute Gasteiger partial charge is 0.294 e. The third-order valence-electron chi connectivity index (χ3n) is 2.12. The molecule has 0 aliphatic rings. The number of ketones is 1. The second-order valence-electron chi connectivity index (χ2n) is 3.49. The van der Waals surface area contributed by atoms with Crippen LogP contribution in [0.25, 0.3) is 0 Å².